The van der Waals surface area contributed by atoms with Crippen LogP contribution < -0.4 is 9.97 Å². The van der Waals surface area contributed by atoms with Gasteiger partial charge >= 0.3 is 21.1 Å². The molecule has 0 unspecified atom stereocenters. The van der Waals surface area contributed by atoms with Crippen LogP contribution >= 0.6 is 0 Å². The van der Waals surface area contributed by atoms with E-state index in [-0.39, 0.29) is 21.1 Å². The predicted molar refractivity (Wildman–Crippen MR) is 178 cm³/mol. The van der Waals surface area contributed by atoms with E-state index in [1.165, 1.54) is 0 Å². The number of benzene rings is 3. The fourth-order valence-corrected chi connectivity index (χ4v) is 6.00. The van der Waals surface area contributed by atoms with Gasteiger partial charge in [0.15, 0.2) is 0 Å². The Morgan fingerprint density at radius 3 is 1.58 bits per heavy atom. The first-order valence-corrected chi connectivity index (χ1v) is 14.5. The first-order chi connectivity index (χ1) is 21.7. The van der Waals surface area contributed by atoms with Crippen molar-refractivity contribution in [1.82, 2.24) is 29.9 Å². The molecule has 7 heteroatoms. The zero-order valence-corrected chi connectivity index (χ0v) is 26.0. The van der Waals surface area contributed by atoms with E-state index in [4.69, 9.17) is 29.9 Å². The molecule has 0 radical (unpaired) electrons. The predicted octanol–water partition coefficient (Wildman–Crippen LogP) is 8.56. The van der Waals surface area contributed by atoms with Gasteiger partial charge in [0.25, 0.3) is 0 Å². The molecule has 45 heavy (non-hydrogen) atoms. The van der Waals surface area contributed by atoms with Crippen molar-refractivity contribution in [1.29, 1.82) is 0 Å². The second-order valence-electron chi connectivity index (χ2n) is 10.8. The van der Waals surface area contributed by atoms with Crippen LogP contribution in [0.4, 0.5) is 0 Å². The Morgan fingerprint density at radius 1 is 0.378 bits per heavy atom. The summed E-state index contributed by atoms with van der Waals surface area (Å²) in [6.07, 6.45) is 0. The molecule has 0 fully saturated rings. The van der Waals surface area contributed by atoms with E-state index in [0.29, 0.717) is 11.3 Å². The Hall–Kier alpha value is -5.45. The van der Waals surface area contributed by atoms with Gasteiger partial charge in [-0.15, -0.1) is 11.0 Å². The van der Waals surface area contributed by atoms with Gasteiger partial charge in [0, 0.05) is 11.1 Å². The summed E-state index contributed by atoms with van der Waals surface area (Å²) in [5.41, 5.74) is 10.00. The maximum atomic E-state index is 5.10. The molecule has 1 aliphatic rings. The summed E-state index contributed by atoms with van der Waals surface area (Å²) in [6.45, 7) is 0. The third-order valence-corrected chi connectivity index (χ3v) is 8.01. The van der Waals surface area contributed by atoms with Crippen molar-refractivity contribution in [2.45, 2.75) is 0 Å². The zero-order valence-electron chi connectivity index (χ0n) is 23.7. The molecule has 3 aromatic carbocycles. The minimum atomic E-state index is 0. The fraction of sp³-hybridized carbons (Fsp3) is 0. The van der Waals surface area contributed by atoms with Crippen LogP contribution in [-0.2, 0) is 21.1 Å². The molecule has 0 N–H and O–H groups in total. The Morgan fingerprint density at radius 2 is 0.889 bits per heavy atom. The molecule has 1 aliphatic heterocycles. The molecule has 10 bridgehead atoms. The van der Waals surface area contributed by atoms with Gasteiger partial charge < -0.3 is 15.0 Å². The molecule has 0 atom stereocenters. The van der Waals surface area contributed by atoms with Crippen LogP contribution in [0, 0.1) is 0 Å². The molecular weight excluding hydrogens is 736 g/mol. The number of aromatic nitrogens is 6. The SMILES string of the molecule is [Pt+2].c1ccc2c(c1)-c1cc3cccc(n3)nc3[n-]c(cc4cccc(cc5[n-]c(cc-2n1)c1ccccc51)n4)c1ccccc31. The van der Waals surface area contributed by atoms with E-state index in [0.717, 1.165) is 77.2 Å². The Balaban J connectivity index is 0.00000300. The van der Waals surface area contributed by atoms with Crippen LogP contribution in [0.2, 0.25) is 0 Å². The van der Waals surface area contributed by atoms with Crippen LogP contribution in [-0.4, -0.2) is 19.9 Å². The van der Waals surface area contributed by atoms with E-state index in [1.807, 2.05) is 97.1 Å². The molecule has 0 spiro atoms. The van der Waals surface area contributed by atoms with E-state index in [1.54, 1.807) is 0 Å². The minimum absolute atomic E-state index is 0. The quantitative estimate of drug-likeness (QED) is 0.154. The van der Waals surface area contributed by atoms with Gasteiger partial charge in [-0.2, -0.15) is 0 Å². The molecule has 5 aromatic heterocycles. The molecule has 0 aliphatic carbocycles. The number of rotatable bonds is 0. The molecule has 0 amide bonds. The van der Waals surface area contributed by atoms with Gasteiger partial charge in [0.05, 0.1) is 33.6 Å². The second-order valence-corrected chi connectivity index (χ2v) is 10.8. The summed E-state index contributed by atoms with van der Waals surface area (Å²) in [5, 5.41) is 4.12. The average Bonchev–Trinajstić information content (AvgIpc) is 3.69. The summed E-state index contributed by atoms with van der Waals surface area (Å²) in [7, 11) is 0. The van der Waals surface area contributed by atoms with Crippen LogP contribution in [0.25, 0.3) is 88.5 Å². The van der Waals surface area contributed by atoms with Gasteiger partial charge in [-0.1, -0.05) is 91.0 Å². The number of nitrogens with zero attached hydrogens (tertiary/aromatic N) is 6. The van der Waals surface area contributed by atoms with Gasteiger partial charge in [0.1, 0.15) is 0 Å². The van der Waals surface area contributed by atoms with Crippen LogP contribution in [0.3, 0.4) is 0 Å². The summed E-state index contributed by atoms with van der Waals surface area (Å²) >= 11 is 0. The zero-order chi connectivity index (χ0) is 29.0. The Labute approximate surface area is 271 Å². The third kappa shape index (κ3) is 4.80. The van der Waals surface area contributed by atoms with Crippen molar-refractivity contribution >= 4 is 65.9 Å². The van der Waals surface area contributed by atoms with E-state index < -0.39 is 0 Å². The maximum Gasteiger partial charge on any atom is 2.00 e. The molecule has 9 rings (SSSR count). The third-order valence-electron chi connectivity index (χ3n) is 8.01. The summed E-state index contributed by atoms with van der Waals surface area (Å²) < 4.78 is 0. The van der Waals surface area contributed by atoms with E-state index in [9.17, 15) is 0 Å². The van der Waals surface area contributed by atoms with Gasteiger partial charge in [-0.3, -0.25) is 4.98 Å². The number of pyridine rings is 2. The number of hydrogen-bond donors (Lipinski definition) is 0. The van der Waals surface area contributed by atoms with Gasteiger partial charge in [-0.05, 0) is 75.2 Å². The second kappa shape index (κ2) is 10.9. The van der Waals surface area contributed by atoms with Crippen LogP contribution in [0.1, 0.15) is 0 Å². The molecule has 8 aromatic rings. The minimum Gasteiger partial charge on any atom is -0.657 e. The average molecular weight is 758 g/mol. The molecular formula is C38H22N6Pt. The Bertz CT molecular complexity index is 2640. The van der Waals surface area contributed by atoms with Crippen LogP contribution in [0.5, 0.6) is 0 Å². The van der Waals surface area contributed by atoms with Crippen molar-refractivity contribution in [3.63, 3.8) is 0 Å². The van der Waals surface area contributed by atoms with Gasteiger partial charge in [0.2, 0.25) is 0 Å². The van der Waals surface area contributed by atoms with E-state index >= 15 is 0 Å². The van der Waals surface area contributed by atoms with Crippen molar-refractivity contribution in [3.05, 3.63) is 133 Å². The Kier molecular flexibility index (Phi) is 6.58. The summed E-state index contributed by atoms with van der Waals surface area (Å²) in [6, 6.07) is 44.7. The number of hydrogen-bond acceptors (Lipinski definition) is 4. The first kappa shape index (κ1) is 27.1. The molecule has 214 valence electrons. The fourth-order valence-electron chi connectivity index (χ4n) is 6.00. The summed E-state index contributed by atoms with van der Waals surface area (Å²) in [4.78, 5) is 29.8. The summed E-state index contributed by atoms with van der Waals surface area (Å²) in [5.74, 6) is 0. The maximum absolute atomic E-state index is 5.10. The van der Waals surface area contributed by atoms with E-state index in [2.05, 4.69) is 36.4 Å². The topological polar surface area (TPSA) is 79.8 Å². The van der Waals surface area contributed by atoms with Crippen LogP contribution in [0.15, 0.2) is 133 Å². The molecule has 6 heterocycles. The molecule has 0 saturated carbocycles. The van der Waals surface area contributed by atoms with Crippen molar-refractivity contribution in [2.75, 3.05) is 0 Å². The monoisotopic (exact) mass is 757 g/mol. The first-order valence-electron chi connectivity index (χ1n) is 14.5. The number of fused-ring (bicyclic) bond motifs is 19. The normalized spacial score (nSPS) is 11.4. The standard InChI is InChI=1S/C38H22N6.Pt/c1-3-14-28-26(12-1)32-19-23-9-7-10-24(39-23)20-34-30-16-5-6-17-31(30)38(43-34)44-37-18-8-11-25(40-37)21-33-27-13-2-4-15-29(27)36(42-33)22-35(28)41-32;/h1-22H;/q-2;+2. The molecule has 0 saturated heterocycles. The molecule has 6 nitrogen and oxygen atoms in total. The van der Waals surface area contributed by atoms with Crippen molar-refractivity contribution in [3.8, 4) is 22.5 Å². The largest absolute Gasteiger partial charge is 2.00 e. The van der Waals surface area contributed by atoms with Crippen molar-refractivity contribution in [2.24, 2.45) is 0 Å². The van der Waals surface area contributed by atoms with Gasteiger partial charge in [-0.25, -0.2) is 9.97 Å². The smallest absolute Gasteiger partial charge is 0.657 e. The van der Waals surface area contributed by atoms with Crippen molar-refractivity contribution < 1.29 is 21.1 Å².